The van der Waals surface area contributed by atoms with Gasteiger partial charge in [0.2, 0.25) is 11.8 Å². The maximum atomic E-state index is 14.5. The van der Waals surface area contributed by atoms with Gasteiger partial charge in [0.25, 0.3) is 0 Å². The molecule has 0 aromatic carbocycles. The first-order valence-corrected chi connectivity index (χ1v) is 14.1. The molecule has 1 N–H and O–H groups in total. The van der Waals surface area contributed by atoms with E-state index in [1.54, 1.807) is 17.9 Å². The monoisotopic (exact) mass is 532 g/mol. The molecule has 3 fully saturated rings. The van der Waals surface area contributed by atoms with E-state index in [2.05, 4.69) is 33.9 Å². The summed E-state index contributed by atoms with van der Waals surface area (Å²) >= 11 is 0. The zero-order valence-electron chi connectivity index (χ0n) is 24.2. The van der Waals surface area contributed by atoms with Crippen LogP contribution in [0.25, 0.3) is 0 Å². The molecule has 8 heteroatoms. The lowest BCUT2D eigenvalue weighted by Crippen LogP contribution is -2.62. The average molecular weight is 533 g/mol. The second kappa shape index (κ2) is 11.5. The molecule has 0 saturated carbocycles. The van der Waals surface area contributed by atoms with Crippen LogP contribution in [0.4, 0.5) is 0 Å². The fourth-order valence-electron chi connectivity index (χ4n) is 7.17. The molecule has 214 valence electrons. The molecule has 1 spiro atoms. The maximum absolute atomic E-state index is 14.5. The van der Waals surface area contributed by atoms with E-state index in [-0.39, 0.29) is 30.4 Å². The zero-order valence-corrected chi connectivity index (χ0v) is 24.2. The van der Waals surface area contributed by atoms with Crippen molar-refractivity contribution in [1.29, 1.82) is 0 Å². The number of likely N-dealkylation sites (tertiary alicyclic amines) is 1. The topological polar surface area (TPSA) is 96.4 Å². The first-order chi connectivity index (χ1) is 17.8. The average Bonchev–Trinajstić information content (AvgIpc) is 3.47. The Balaban J connectivity index is 1.97. The Morgan fingerprint density at radius 2 is 1.92 bits per heavy atom. The summed E-state index contributed by atoms with van der Waals surface area (Å²) in [5.41, 5.74) is -1.70. The molecular weight excluding hydrogens is 484 g/mol. The molecule has 3 heterocycles. The Bertz CT molecular complexity index is 924. The number of carbonyl (C=O) groups is 3. The number of rotatable bonds is 13. The van der Waals surface area contributed by atoms with Gasteiger partial charge in [-0.3, -0.25) is 14.4 Å². The van der Waals surface area contributed by atoms with Crippen LogP contribution in [0, 0.1) is 17.3 Å². The standard InChI is InChI=1S/C30H48N2O6/c1-9-11-12-13-17-37-27(36)22-21-14-15-30(38-21)23(22)25(34)32(20(3)18-33)24(30)26(35)31(16-10-2)29(7,8)19-28(4,5)6/h9-10,20-24,33H,1-2,11-19H2,3-8H3/t20-,21+,22-,23+,24?,30?/m1/s1. The van der Waals surface area contributed by atoms with Crippen molar-refractivity contribution in [2.45, 2.75) is 109 Å². The van der Waals surface area contributed by atoms with E-state index >= 15 is 0 Å². The van der Waals surface area contributed by atoms with E-state index in [1.165, 1.54) is 4.90 Å². The highest BCUT2D eigenvalue weighted by molar-refractivity contribution is 5.98. The first kappa shape index (κ1) is 30.4. The number of hydrogen-bond donors (Lipinski definition) is 1. The van der Waals surface area contributed by atoms with Crippen LogP contribution in [-0.2, 0) is 23.9 Å². The molecule has 0 radical (unpaired) electrons. The lowest BCUT2D eigenvalue weighted by atomic mass is 9.70. The van der Waals surface area contributed by atoms with E-state index in [0.29, 0.717) is 25.8 Å². The van der Waals surface area contributed by atoms with Crippen molar-refractivity contribution in [3.63, 3.8) is 0 Å². The molecule has 3 rings (SSSR count). The maximum Gasteiger partial charge on any atom is 0.312 e. The molecule has 3 aliphatic rings. The summed E-state index contributed by atoms with van der Waals surface area (Å²) in [6.45, 7) is 20.1. The van der Waals surface area contributed by atoms with Gasteiger partial charge in [0, 0.05) is 12.1 Å². The van der Waals surface area contributed by atoms with Gasteiger partial charge in [0.05, 0.1) is 37.2 Å². The predicted octanol–water partition coefficient (Wildman–Crippen LogP) is 3.87. The number of unbranched alkanes of at least 4 members (excludes halogenated alkanes) is 2. The third kappa shape index (κ3) is 5.57. The predicted molar refractivity (Wildman–Crippen MR) is 146 cm³/mol. The molecular formula is C30H48N2O6. The molecule has 8 nitrogen and oxygen atoms in total. The van der Waals surface area contributed by atoms with Gasteiger partial charge in [-0.25, -0.2) is 0 Å². The van der Waals surface area contributed by atoms with Gasteiger partial charge < -0.3 is 24.4 Å². The Labute approximate surface area is 228 Å². The van der Waals surface area contributed by atoms with Crippen LogP contribution in [0.1, 0.15) is 80.1 Å². The second-order valence-corrected chi connectivity index (χ2v) is 13.1. The molecule has 0 aromatic rings. The molecule has 2 amide bonds. The van der Waals surface area contributed by atoms with Crippen LogP contribution >= 0.6 is 0 Å². The van der Waals surface area contributed by atoms with Gasteiger partial charge in [-0.05, 0) is 64.7 Å². The van der Waals surface area contributed by atoms with Crippen molar-refractivity contribution in [2.24, 2.45) is 17.3 Å². The van der Waals surface area contributed by atoms with Crippen molar-refractivity contribution in [2.75, 3.05) is 19.8 Å². The van der Waals surface area contributed by atoms with Crippen LogP contribution in [-0.4, -0.2) is 81.8 Å². The molecule has 2 bridgehead atoms. The minimum atomic E-state index is -1.12. The minimum Gasteiger partial charge on any atom is -0.465 e. The van der Waals surface area contributed by atoms with Gasteiger partial charge in [-0.2, -0.15) is 0 Å². The van der Waals surface area contributed by atoms with Gasteiger partial charge >= 0.3 is 5.97 Å². The second-order valence-electron chi connectivity index (χ2n) is 13.1. The van der Waals surface area contributed by atoms with Gasteiger partial charge in [-0.1, -0.05) is 32.9 Å². The molecule has 3 saturated heterocycles. The number of aliphatic hydroxyl groups excluding tert-OH is 1. The minimum absolute atomic E-state index is 0.0452. The number of hydrogen-bond acceptors (Lipinski definition) is 6. The Morgan fingerprint density at radius 1 is 1.24 bits per heavy atom. The largest absolute Gasteiger partial charge is 0.465 e. The van der Waals surface area contributed by atoms with Crippen LogP contribution < -0.4 is 0 Å². The summed E-state index contributed by atoms with van der Waals surface area (Å²) in [6.07, 6.45) is 7.33. The SMILES string of the molecule is C=CCCCCOC(=O)[C@@H]1[C@@H]2CCC3(O2)C(C(=O)N(CC=C)C(C)(C)CC(C)(C)C)N([C@H](C)CO)C(=O)[C@H]13. The fraction of sp³-hybridized carbons (Fsp3) is 0.767. The number of ether oxygens (including phenoxy) is 2. The number of fused-ring (bicyclic) bond motifs is 1. The zero-order chi connectivity index (χ0) is 28.5. The third-order valence-corrected chi connectivity index (χ3v) is 8.30. The smallest absolute Gasteiger partial charge is 0.312 e. The number of allylic oxidation sites excluding steroid dienone is 1. The third-order valence-electron chi connectivity index (χ3n) is 8.30. The van der Waals surface area contributed by atoms with E-state index in [4.69, 9.17) is 9.47 Å². The van der Waals surface area contributed by atoms with Crippen LogP contribution in [0.5, 0.6) is 0 Å². The Morgan fingerprint density at radius 3 is 2.50 bits per heavy atom. The van der Waals surface area contributed by atoms with Gasteiger partial charge in [-0.15, -0.1) is 13.2 Å². The van der Waals surface area contributed by atoms with E-state index in [0.717, 1.165) is 19.3 Å². The van der Waals surface area contributed by atoms with E-state index < -0.39 is 47.1 Å². The summed E-state index contributed by atoms with van der Waals surface area (Å²) in [7, 11) is 0. The quantitative estimate of drug-likeness (QED) is 0.220. The van der Waals surface area contributed by atoms with Crippen molar-refractivity contribution in [1.82, 2.24) is 9.80 Å². The number of aliphatic hydroxyl groups is 1. The highest BCUT2D eigenvalue weighted by Crippen LogP contribution is 2.59. The van der Waals surface area contributed by atoms with E-state index in [1.807, 2.05) is 19.9 Å². The normalized spacial score (nSPS) is 29.2. The highest BCUT2D eigenvalue weighted by Gasteiger charge is 2.75. The van der Waals surface area contributed by atoms with Crippen LogP contribution in [0.15, 0.2) is 25.3 Å². The molecule has 3 aliphatic heterocycles. The summed E-state index contributed by atoms with van der Waals surface area (Å²) < 4.78 is 12.1. The van der Waals surface area contributed by atoms with Crippen LogP contribution in [0.2, 0.25) is 0 Å². The van der Waals surface area contributed by atoms with Crippen LogP contribution in [0.3, 0.4) is 0 Å². The van der Waals surface area contributed by atoms with Crippen molar-refractivity contribution >= 4 is 17.8 Å². The summed E-state index contributed by atoms with van der Waals surface area (Å²) in [5.74, 6) is -2.53. The summed E-state index contributed by atoms with van der Waals surface area (Å²) in [4.78, 5) is 45.1. The Hall–Kier alpha value is -2.19. The van der Waals surface area contributed by atoms with Gasteiger partial charge in [0.1, 0.15) is 11.6 Å². The molecule has 0 aromatic heterocycles. The number of amides is 2. The lowest BCUT2D eigenvalue weighted by molar-refractivity contribution is -0.157. The van der Waals surface area contributed by atoms with Crippen molar-refractivity contribution in [3.8, 4) is 0 Å². The summed E-state index contributed by atoms with van der Waals surface area (Å²) in [6, 6.07) is -1.54. The molecule has 38 heavy (non-hydrogen) atoms. The number of nitrogens with zero attached hydrogens (tertiary/aromatic N) is 2. The van der Waals surface area contributed by atoms with Crippen molar-refractivity contribution < 1.29 is 29.0 Å². The number of carbonyl (C=O) groups excluding carboxylic acids is 3. The fourth-order valence-corrected chi connectivity index (χ4v) is 7.17. The highest BCUT2D eigenvalue weighted by atomic mass is 16.6. The lowest BCUT2D eigenvalue weighted by Gasteiger charge is -2.46. The molecule has 6 atom stereocenters. The Kier molecular flexibility index (Phi) is 9.19. The van der Waals surface area contributed by atoms with Gasteiger partial charge in [0.15, 0.2) is 0 Å². The summed E-state index contributed by atoms with van der Waals surface area (Å²) in [5, 5.41) is 10.1. The van der Waals surface area contributed by atoms with Crippen molar-refractivity contribution in [3.05, 3.63) is 25.3 Å². The van der Waals surface area contributed by atoms with E-state index in [9.17, 15) is 19.5 Å². The number of esters is 1. The molecule has 0 aliphatic carbocycles. The first-order valence-electron chi connectivity index (χ1n) is 14.1. The molecule has 2 unspecified atom stereocenters.